The number of hydrogen-bond donors (Lipinski definition) is 0. The Labute approximate surface area is 133 Å². The number of aromatic nitrogens is 2. The van der Waals surface area contributed by atoms with Crippen molar-refractivity contribution in [2.24, 2.45) is 0 Å². The Bertz CT molecular complexity index is 661. The van der Waals surface area contributed by atoms with Crippen molar-refractivity contribution in [1.82, 2.24) is 9.55 Å². The van der Waals surface area contributed by atoms with Crippen molar-refractivity contribution in [3.8, 4) is 0 Å². The molecular formula is C13H15BrClFN2OS. The number of aryl methyl sites for hydroxylation is 1. The van der Waals surface area contributed by atoms with E-state index in [9.17, 15) is 8.60 Å². The van der Waals surface area contributed by atoms with Gasteiger partial charge < -0.3 is 4.57 Å². The summed E-state index contributed by atoms with van der Waals surface area (Å²) < 4.78 is 27.3. The molecule has 0 aliphatic carbocycles. The van der Waals surface area contributed by atoms with Crippen molar-refractivity contribution < 1.29 is 8.60 Å². The van der Waals surface area contributed by atoms with Crippen molar-refractivity contribution in [2.75, 3.05) is 6.26 Å². The minimum Gasteiger partial charge on any atom is -0.327 e. The van der Waals surface area contributed by atoms with Crippen LogP contribution in [0.5, 0.6) is 0 Å². The summed E-state index contributed by atoms with van der Waals surface area (Å²) in [6.45, 7) is 2.61. The van der Waals surface area contributed by atoms with Gasteiger partial charge in [0.25, 0.3) is 0 Å². The normalized spacial score (nSPS) is 14.7. The molecule has 7 heteroatoms. The topological polar surface area (TPSA) is 34.9 Å². The van der Waals surface area contributed by atoms with Crippen LogP contribution in [0.25, 0.3) is 11.0 Å². The highest BCUT2D eigenvalue weighted by Crippen LogP contribution is 2.25. The van der Waals surface area contributed by atoms with Crippen LogP contribution in [0.1, 0.15) is 19.2 Å². The quantitative estimate of drug-likeness (QED) is 0.738. The van der Waals surface area contributed by atoms with Crippen molar-refractivity contribution in [1.29, 1.82) is 0 Å². The lowest BCUT2D eigenvalue weighted by Gasteiger charge is -2.11. The van der Waals surface area contributed by atoms with Crippen molar-refractivity contribution in [2.45, 2.75) is 31.0 Å². The van der Waals surface area contributed by atoms with E-state index in [2.05, 4.69) is 20.9 Å². The molecule has 0 aliphatic rings. The first-order valence-corrected chi connectivity index (χ1v) is 9.11. The summed E-state index contributed by atoms with van der Waals surface area (Å²) in [6, 6.07) is 3.11. The van der Waals surface area contributed by atoms with E-state index in [0.717, 1.165) is 11.9 Å². The second-order valence-electron chi connectivity index (χ2n) is 4.67. The molecule has 1 aromatic heterocycles. The molecule has 0 amide bonds. The summed E-state index contributed by atoms with van der Waals surface area (Å²) in [5.41, 5.74) is 1.43. The van der Waals surface area contributed by atoms with E-state index in [1.54, 1.807) is 12.3 Å². The number of hydrogen-bond acceptors (Lipinski definition) is 2. The highest BCUT2D eigenvalue weighted by molar-refractivity contribution is 9.10. The third-order valence-electron chi connectivity index (χ3n) is 3.31. The van der Waals surface area contributed by atoms with Crippen LogP contribution in [0.15, 0.2) is 16.6 Å². The zero-order chi connectivity index (χ0) is 14.9. The molecule has 0 fully saturated rings. The van der Waals surface area contributed by atoms with Gasteiger partial charge in [0.2, 0.25) is 0 Å². The number of imidazole rings is 1. The third kappa shape index (κ3) is 3.23. The average Bonchev–Trinajstić information content (AvgIpc) is 2.73. The molecule has 0 saturated heterocycles. The molecule has 2 atom stereocenters. The smallest absolute Gasteiger partial charge is 0.139 e. The maximum absolute atomic E-state index is 13.5. The van der Waals surface area contributed by atoms with Crippen molar-refractivity contribution >= 4 is 49.4 Å². The second-order valence-corrected chi connectivity index (χ2v) is 7.59. The van der Waals surface area contributed by atoms with Crippen LogP contribution in [0.4, 0.5) is 4.39 Å². The lowest BCUT2D eigenvalue weighted by Crippen LogP contribution is -2.14. The summed E-state index contributed by atoms with van der Waals surface area (Å²) in [7, 11) is -0.858. The Hall–Kier alpha value is -0.460. The molecule has 0 saturated carbocycles. The van der Waals surface area contributed by atoms with E-state index in [0.29, 0.717) is 22.4 Å². The van der Waals surface area contributed by atoms with Gasteiger partial charge in [-0.25, -0.2) is 9.37 Å². The van der Waals surface area contributed by atoms with E-state index < -0.39 is 10.8 Å². The molecule has 1 heterocycles. The summed E-state index contributed by atoms with van der Waals surface area (Å²) in [6.07, 6.45) is 2.46. The zero-order valence-corrected chi connectivity index (χ0v) is 14.4. The number of fused-ring (bicyclic) bond motifs is 1. The summed E-state index contributed by atoms with van der Waals surface area (Å²) in [4.78, 5) is 4.35. The third-order valence-corrected chi connectivity index (χ3v) is 5.53. The molecule has 0 bridgehead atoms. The molecule has 20 heavy (non-hydrogen) atoms. The summed E-state index contributed by atoms with van der Waals surface area (Å²) >= 11 is 9.10. The van der Waals surface area contributed by atoms with Gasteiger partial charge in [0.05, 0.1) is 21.4 Å². The van der Waals surface area contributed by atoms with Gasteiger partial charge >= 0.3 is 0 Å². The lowest BCUT2D eigenvalue weighted by atomic mass is 10.3. The molecule has 0 aliphatic heterocycles. The zero-order valence-electron chi connectivity index (χ0n) is 11.2. The largest absolute Gasteiger partial charge is 0.327 e. The number of alkyl halides is 1. The molecule has 0 N–H and O–H groups in total. The number of rotatable bonds is 5. The van der Waals surface area contributed by atoms with Crippen LogP contribution < -0.4 is 0 Å². The Morgan fingerprint density at radius 3 is 2.85 bits per heavy atom. The van der Waals surface area contributed by atoms with Crippen LogP contribution in [0, 0.1) is 5.82 Å². The second kappa shape index (κ2) is 6.54. The standard InChI is InChI=1S/C13H15BrClFN2OS/c1-8(20(2)19)3-4-18-12-5-9(14)10(16)6-11(12)17-13(18)7-15/h5-6,8H,3-4,7H2,1-2H3. The van der Waals surface area contributed by atoms with Gasteiger partial charge in [-0.15, -0.1) is 11.6 Å². The van der Waals surface area contributed by atoms with E-state index in [-0.39, 0.29) is 16.9 Å². The molecular weight excluding hydrogens is 367 g/mol. The van der Waals surface area contributed by atoms with Crippen LogP contribution in [0.3, 0.4) is 0 Å². The van der Waals surface area contributed by atoms with E-state index in [4.69, 9.17) is 11.6 Å². The van der Waals surface area contributed by atoms with E-state index in [1.165, 1.54) is 6.07 Å². The Balaban J connectivity index is 2.40. The fraction of sp³-hybridized carbons (Fsp3) is 0.462. The molecule has 110 valence electrons. The number of nitrogens with zero attached hydrogens (tertiary/aromatic N) is 2. The molecule has 2 unspecified atom stereocenters. The monoisotopic (exact) mass is 380 g/mol. The number of benzene rings is 1. The van der Waals surface area contributed by atoms with Crippen molar-refractivity contribution in [3.05, 3.63) is 28.2 Å². The predicted molar refractivity (Wildman–Crippen MR) is 85.1 cm³/mol. The molecule has 3 nitrogen and oxygen atoms in total. The van der Waals surface area contributed by atoms with Crippen LogP contribution in [0.2, 0.25) is 0 Å². The van der Waals surface area contributed by atoms with Crippen LogP contribution in [-0.2, 0) is 23.2 Å². The highest BCUT2D eigenvalue weighted by Gasteiger charge is 2.14. The van der Waals surface area contributed by atoms with Crippen LogP contribution >= 0.6 is 27.5 Å². The minimum atomic E-state index is -0.858. The lowest BCUT2D eigenvalue weighted by molar-refractivity contribution is 0.615. The van der Waals surface area contributed by atoms with Gasteiger partial charge in [0.15, 0.2) is 0 Å². The summed E-state index contributed by atoms with van der Waals surface area (Å²) in [5, 5.41) is 0.0968. The maximum Gasteiger partial charge on any atom is 0.139 e. The highest BCUT2D eigenvalue weighted by atomic mass is 79.9. The first kappa shape index (κ1) is 15.9. The molecule has 0 spiro atoms. The molecule has 2 aromatic rings. The average molecular weight is 382 g/mol. The SMILES string of the molecule is CC(CCn1c(CCl)nc2cc(F)c(Br)cc21)S(C)=O. The Morgan fingerprint density at radius 1 is 1.55 bits per heavy atom. The van der Waals surface area contributed by atoms with Gasteiger partial charge in [-0.2, -0.15) is 0 Å². The first-order valence-electron chi connectivity index (χ1n) is 6.16. The molecule has 1 aromatic carbocycles. The van der Waals surface area contributed by atoms with Gasteiger partial charge in [-0.05, 0) is 28.4 Å². The fourth-order valence-electron chi connectivity index (χ4n) is 2.00. The van der Waals surface area contributed by atoms with Gasteiger partial charge in [0.1, 0.15) is 11.6 Å². The van der Waals surface area contributed by atoms with E-state index in [1.807, 2.05) is 11.5 Å². The first-order chi connectivity index (χ1) is 9.43. The fourth-order valence-corrected chi connectivity index (χ4v) is 2.97. The maximum atomic E-state index is 13.5. The molecule has 0 radical (unpaired) electrons. The van der Waals surface area contributed by atoms with Gasteiger partial charge in [-0.1, -0.05) is 6.92 Å². The van der Waals surface area contributed by atoms with Crippen LogP contribution in [-0.4, -0.2) is 25.3 Å². The van der Waals surface area contributed by atoms with Crippen molar-refractivity contribution in [3.63, 3.8) is 0 Å². The predicted octanol–water partition coefficient (Wildman–Crippen LogP) is 3.83. The Morgan fingerprint density at radius 2 is 2.25 bits per heavy atom. The summed E-state index contributed by atoms with van der Waals surface area (Å²) in [5.74, 6) is 0.622. The number of halogens is 3. The Kier molecular flexibility index (Phi) is 5.20. The van der Waals surface area contributed by atoms with E-state index >= 15 is 0 Å². The minimum absolute atomic E-state index is 0.0968. The molecule has 2 rings (SSSR count). The van der Waals surface area contributed by atoms with Gasteiger partial charge in [-0.3, -0.25) is 4.21 Å². The van der Waals surface area contributed by atoms with Gasteiger partial charge in [0, 0.05) is 34.9 Å².